The number of Topliss-reactive ketones (excluding diaryl/α,β-unsaturated/α-hetero) is 1. The standard InChI is InChI=1S/C16H20O2.C12H14O.C6H13O3P/c1-2-18-16(17)12-13-8-10-15(11-9-13)14-6-4-3-5-7-14;13-12-8-6-11(7-9-12)10-4-2-1-3-5-10;1-4-9-6(7)5-10(2,3)8/h3-7,12,15H,2,8-11H2,1H3;1-5,11H,6-9H2;4-5H2,1-3H3. The Morgan fingerprint density at radius 2 is 1.20 bits per heavy atom. The summed E-state index contributed by atoms with van der Waals surface area (Å²) in [6.45, 7) is 7.53. The number of allylic oxidation sites excluding steroid dienone is 1. The molecule has 2 aromatic rings. The van der Waals surface area contributed by atoms with Crippen LogP contribution in [0.4, 0.5) is 0 Å². The zero-order valence-electron chi connectivity index (χ0n) is 25.2. The zero-order valence-corrected chi connectivity index (χ0v) is 26.1. The van der Waals surface area contributed by atoms with Gasteiger partial charge in [0.05, 0.1) is 26.5 Å². The van der Waals surface area contributed by atoms with E-state index in [4.69, 9.17) is 4.74 Å². The SMILES string of the molecule is CCOC(=O)C=C1CCC(c2ccccc2)CC1.CCOC(=O)CP(C)(C)=O.O=C1CCC(c2ccccc2)CC1. The normalized spacial score (nSPS) is 17.2. The molecule has 0 aromatic heterocycles. The number of carbonyl (C=O) groups is 3. The van der Waals surface area contributed by atoms with Crippen LogP contribution >= 0.6 is 7.14 Å². The highest BCUT2D eigenvalue weighted by Gasteiger charge is 2.20. The van der Waals surface area contributed by atoms with Crippen molar-refractivity contribution in [2.24, 2.45) is 0 Å². The number of esters is 2. The Bertz CT molecular complexity index is 1130. The highest BCUT2D eigenvalue weighted by Crippen LogP contribution is 2.36. The monoisotopic (exact) mass is 582 g/mol. The van der Waals surface area contributed by atoms with Crippen LogP contribution in [0.2, 0.25) is 0 Å². The van der Waals surface area contributed by atoms with Gasteiger partial charge in [-0.3, -0.25) is 9.59 Å². The Hall–Kier alpha value is -2.98. The highest BCUT2D eigenvalue weighted by molar-refractivity contribution is 7.63. The van der Waals surface area contributed by atoms with Gasteiger partial charge in [-0.05, 0) is 88.7 Å². The number of rotatable bonds is 7. The topological polar surface area (TPSA) is 86.7 Å². The maximum absolute atomic E-state index is 11.4. The summed E-state index contributed by atoms with van der Waals surface area (Å²) in [5, 5.41) is 0. The van der Waals surface area contributed by atoms with E-state index in [0.717, 1.165) is 51.4 Å². The average Bonchev–Trinajstić information content (AvgIpc) is 2.95. The van der Waals surface area contributed by atoms with Crippen molar-refractivity contribution in [3.63, 3.8) is 0 Å². The predicted octanol–water partition coefficient (Wildman–Crippen LogP) is 7.92. The summed E-state index contributed by atoms with van der Waals surface area (Å²) in [5.41, 5.74) is 4.06. The van der Waals surface area contributed by atoms with Crippen molar-refractivity contribution in [1.29, 1.82) is 0 Å². The van der Waals surface area contributed by atoms with Gasteiger partial charge in [-0.2, -0.15) is 0 Å². The third-order valence-electron chi connectivity index (χ3n) is 7.14. The van der Waals surface area contributed by atoms with Gasteiger partial charge >= 0.3 is 11.9 Å². The zero-order chi connectivity index (χ0) is 30.1. The summed E-state index contributed by atoms with van der Waals surface area (Å²) in [6.07, 6.45) is 9.68. The molecule has 2 aliphatic rings. The molecule has 2 aliphatic carbocycles. The van der Waals surface area contributed by atoms with Crippen LogP contribution in [-0.4, -0.2) is 50.4 Å². The first kappa shape index (κ1) is 34.2. The number of carbonyl (C=O) groups excluding carboxylic acids is 3. The molecule has 0 atom stereocenters. The molecule has 2 saturated carbocycles. The molecule has 0 bridgehead atoms. The van der Waals surface area contributed by atoms with Crippen LogP contribution in [0.1, 0.15) is 88.2 Å². The molecule has 0 N–H and O–H groups in total. The summed E-state index contributed by atoms with van der Waals surface area (Å²) in [4.78, 5) is 33.1. The van der Waals surface area contributed by atoms with E-state index in [2.05, 4.69) is 59.3 Å². The largest absolute Gasteiger partial charge is 0.466 e. The van der Waals surface area contributed by atoms with Crippen molar-refractivity contribution in [3.05, 3.63) is 83.4 Å². The number of hydrogen-bond acceptors (Lipinski definition) is 6. The Balaban J connectivity index is 0.000000226. The van der Waals surface area contributed by atoms with Crippen LogP contribution in [0.15, 0.2) is 72.3 Å². The van der Waals surface area contributed by atoms with Gasteiger partial charge in [0.1, 0.15) is 5.78 Å². The Labute approximate surface area is 246 Å². The molecule has 0 spiro atoms. The number of ketones is 1. The Morgan fingerprint density at radius 3 is 1.61 bits per heavy atom. The molecular formula is C34H47O6P. The average molecular weight is 583 g/mol. The third kappa shape index (κ3) is 14.5. The summed E-state index contributed by atoms with van der Waals surface area (Å²) in [7, 11) is -2.23. The van der Waals surface area contributed by atoms with Crippen molar-refractivity contribution in [1.82, 2.24) is 0 Å². The summed E-state index contributed by atoms with van der Waals surface area (Å²) < 4.78 is 20.5. The molecule has 6 nitrogen and oxygen atoms in total. The van der Waals surface area contributed by atoms with Gasteiger partial charge in [-0.1, -0.05) is 66.2 Å². The molecule has 7 heteroatoms. The fraction of sp³-hybridized carbons (Fsp3) is 0.500. The molecule has 41 heavy (non-hydrogen) atoms. The third-order valence-corrected chi connectivity index (χ3v) is 8.16. The first-order valence-corrected chi connectivity index (χ1v) is 17.6. The van der Waals surface area contributed by atoms with Crippen LogP contribution < -0.4 is 0 Å². The van der Waals surface area contributed by atoms with E-state index in [-0.39, 0.29) is 18.1 Å². The van der Waals surface area contributed by atoms with Crippen LogP contribution in [0, 0.1) is 0 Å². The number of benzene rings is 2. The number of ether oxygens (including phenoxy) is 2. The Morgan fingerprint density at radius 1 is 0.756 bits per heavy atom. The molecule has 0 unspecified atom stereocenters. The van der Waals surface area contributed by atoms with Gasteiger partial charge in [-0.15, -0.1) is 0 Å². The second kappa shape index (κ2) is 18.5. The van der Waals surface area contributed by atoms with Crippen molar-refractivity contribution in [2.45, 2.75) is 77.0 Å². The van der Waals surface area contributed by atoms with Crippen molar-refractivity contribution >= 4 is 24.9 Å². The second-order valence-corrected chi connectivity index (χ2v) is 14.5. The van der Waals surface area contributed by atoms with Crippen LogP contribution in [0.25, 0.3) is 0 Å². The van der Waals surface area contributed by atoms with E-state index in [9.17, 15) is 18.9 Å². The van der Waals surface area contributed by atoms with Crippen molar-refractivity contribution in [2.75, 3.05) is 32.7 Å². The van der Waals surface area contributed by atoms with Gasteiger partial charge in [0.25, 0.3) is 0 Å². The maximum Gasteiger partial charge on any atom is 0.330 e. The molecule has 0 saturated heterocycles. The summed E-state index contributed by atoms with van der Waals surface area (Å²) in [5.74, 6) is 1.15. The van der Waals surface area contributed by atoms with Crippen LogP contribution in [0.3, 0.4) is 0 Å². The molecular weight excluding hydrogens is 535 g/mol. The van der Waals surface area contributed by atoms with E-state index in [1.807, 2.05) is 13.0 Å². The molecule has 2 aromatic carbocycles. The van der Waals surface area contributed by atoms with E-state index < -0.39 is 7.14 Å². The minimum absolute atomic E-state index is 0.0564. The highest BCUT2D eigenvalue weighted by atomic mass is 31.2. The van der Waals surface area contributed by atoms with Crippen LogP contribution in [-0.2, 0) is 28.4 Å². The minimum Gasteiger partial charge on any atom is -0.466 e. The molecule has 0 heterocycles. The molecule has 0 radical (unpaired) electrons. The second-order valence-electron chi connectivity index (χ2n) is 11.0. The van der Waals surface area contributed by atoms with E-state index in [1.54, 1.807) is 26.3 Å². The van der Waals surface area contributed by atoms with E-state index >= 15 is 0 Å². The minimum atomic E-state index is -2.23. The lowest BCUT2D eigenvalue weighted by molar-refractivity contribution is -0.140. The predicted molar refractivity (Wildman–Crippen MR) is 166 cm³/mol. The molecule has 224 valence electrons. The lowest BCUT2D eigenvalue weighted by atomic mass is 9.81. The fourth-order valence-corrected chi connectivity index (χ4v) is 5.77. The molecule has 2 fully saturated rings. The maximum atomic E-state index is 11.4. The van der Waals surface area contributed by atoms with E-state index in [1.165, 1.54) is 16.7 Å². The lowest BCUT2D eigenvalue weighted by Gasteiger charge is -2.24. The van der Waals surface area contributed by atoms with Gasteiger partial charge in [-0.25, -0.2) is 4.79 Å². The number of hydrogen-bond donors (Lipinski definition) is 0. The Kier molecular flexibility index (Phi) is 15.4. The summed E-state index contributed by atoms with van der Waals surface area (Å²) in [6, 6.07) is 21.2. The van der Waals surface area contributed by atoms with Crippen molar-refractivity contribution < 1.29 is 28.4 Å². The fourth-order valence-electron chi connectivity index (χ4n) is 5.06. The van der Waals surface area contributed by atoms with Crippen molar-refractivity contribution in [3.8, 4) is 0 Å². The quantitative estimate of drug-likeness (QED) is 0.187. The first-order chi connectivity index (χ1) is 19.6. The van der Waals surface area contributed by atoms with E-state index in [0.29, 0.717) is 30.8 Å². The molecule has 4 rings (SSSR count). The van der Waals surface area contributed by atoms with Gasteiger partial charge < -0.3 is 14.0 Å². The molecule has 0 aliphatic heterocycles. The first-order valence-electron chi connectivity index (χ1n) is 14.8. The van der Waals surface area contributed by atoms with Gasteiger partial charge in [0, 0.05) is 18.9 Å². The molecule has 0 amide bonds. The van der Waals surface area contributed by atoms with Gasteiger partial charge in [0.15, 0.2) is 0 Å². The smallest absolute Gasteiger partial charge is 0.330 e. The summed E-state index contributed by atoms with van der Waals surface area (Å²) >= 11 is 0. The van der Waals surface area contributed by atoms with Gasteiger partial charge in [0.2, 0.25) is 0 Å². The lowest BCUT2D eigenvalue weighted by Crippen LogP contribution is -2.12. The van der Waals surface area contributed by atoms with Crippen LogP contribution in [0.5, 0.6) is 0 Å².